The fraction of sp³-hybridized carbons (Fsp3) is 0.947. The largest absolute Gasteiger partial charge is 0.322 e. The summed E-state index contributed by atoms with van der Waals surface area (Å²) in [6.07, 6.45) is 6.57. The fourth-order valence-corrected chi connectivity index (χ4v) is 2.90. The molecular weight excluding hydrogens is 258 g/mol. The predicted octanol–water partition coefficient (Wildman–Crippen LogP) is 5.59. The fourth-order valence-electron chi connectivity index (χ4n) is 2.90. The maximum atomic E-state index is 11.5. The lowest BCUT2D eigenvalue weighted by molar-refractivity contribution is -0.120. The summed E-state index contributed by atoms with van der Waals surface area (Å²) in [5, 5.41) is 0. The quantitative estimate of drug-likeness (QED) is 0.719. The zero-order chi connectivity index (χ0) is 17.1. The normalized spacial score (nSPS) is 26.1. The second-order valence-electron chi connectivity index (χ2n) is 6.41. The van der Waals surface area contributed by atoms with E-state index in [-0.39, 0.29) is 11.8 Å². The van der Waals surface area contributed by atoms with Crippen molar-refractivity contribution in [3.05, 3.63) is 0 Å². The molecule has 2 N–H and O–H groups in total. The molecule has 21 heavy (non-hydrogen) atoms. The molecule has 0 saturated heterocycles. The number of carbonyl (C=O) groups excluding carboxylic acids is 1. The number of hydrogen-bond donors (Lipinski definition) is 1. The Hall–Kier alpha value is -0.370. The van der Waals surface area contributed by atoms with Gasteiger partial charge in [0.15, 0.2) is 0 Å². The summed E-state index contributed by atoms with van der Waals surface area (Å²) in [5.74, 6) is 1.66. The lowest BCUT2D eigenvalue weighted by atomic mass is 9.65. The Morgan fingerprint density at radius 2 is 1.57 bits per heavy atom. The van der Waals surface area contributed by atoms with Gasteiger partial charge in [0.05, 0.1) is 6.04 Å². The van der Waals surface area contributed by atoms with E-state index in [2.05, 4.69) is 20.8 Å². The van der Waals surface area contributed by atoms with Crippen LogP contribution in [0.2, 0.25) is 0 Å². The van der Waals surface area contributed by atoms with E-state index in [4.69, 9.17) is 5.73 Å². The van der Waals surface area contributed by atoms with E-state index in [1.807, 2.05) is 34.6 Å². The first-order valence-corrected chi connectivity index (χ1v) is 9.17. The van der Waals surface area contributed by atoms with Crippen molar-refractivity contribution in [2.75, 3.05) is 0 Å². The van der Waals surface area contributed by atoms with Crippen molar-refractivity contribution in [3.63, 3.8) is 0 Å². The molecule has 1 rings (SSSR count). The number of ketones is 1. The average Bonchev–Trinajstić information content (AvgIpc) is 2.52. The zero-order valence-corrected chi connectivity index (χ0v) is 16.0. The monoisotopic (exact) mass is 299 g/mol. The Morgan fingerprint density at radius 3 is 1.90 bits per heavy atom. The van der Waals surface area contributed by atoms with E-state index < -0.39 is 0 Å². The van der Waals surface area contributed by atoms with E-state index >= 15 is 0 Å². The van der Waals surface area contributed by atoms with Gasteiger partial charge in [0.1, 0.15) is 5.78 Å². The van der Waals surface area contributed by atoms with E-state index in [9.17, 15) is 4.79 Å². The van der Waals surface area contributed by atoms with E-state index in [0.717, 1.165) is 12.3 Å². The number of carbonyl (C=O) groups is 1. The van der Waals surface area contributed by atoms with Gasteiger partial charge in [-0.1, -0.05) is 55.4 Å². The Balaban J connectivity index is 0. The molecule has 128 valence electrons. The van der Waals surface area contributed by atoms with Gasteiger partial charge in [-0.25, -0.2) is 0 Å². The van der Waals surface area contributed by atoms with Crippen molar-refractivity contribution in [2.45, 2.75) is 100.0 Å². The minimum absolute atomic E-state index is 0.214. The van der Waals surface area contributed by atoms with Crippen LogP contribution < -0.4 is 5.73 Å². The minimum atomic E-state index is -0.214. The van der Waals surface area contributed by atoms with Gasteiger partial charge in [-0.05, 0) is 49.4 Å². The Labute approximate surface area is 134 Å². The Bertz CT molecular complexity index is 252. The molecule has 0 amide bonds. The molecule has 1 aliphatic carbocycles. The standard InChI is InChI=1S/C15H29NO.2C2H6/c1-5-14(17)13(16)10-12-6-8-15(4,9-7-12)11(2)3;2*1-2/h11-13H,5-10,16H2,1-4H3;2*1-2H3. The number of Topliss-reactive ketones (excluding diaryl/α,β-unsaturated/α-hetero) is 1. The van der Waals surface area contributed by atoms with Crippen LogP contribution in [-0.2, 0) is 4.79 Å². The average molecular weight is 300 g/mol. The first kappa shape index (κ1) is 22.9. The second kappa shape index (κ2) is 12.2. The van der Waals surface area contributed by atoms with Crippen molar-refractivity contribution in [3.8, 4) is 0 Å². The highest BCUT2D eigenvalue weighted by molar-refractivity contribution is 5.83. The van der Waals surface area contributed by atoms with Gasteiger partial charge < -0.3 is 5.73 Å². The molecule has 0 aromatic rings. The molecule has 0 bridgehead atoms. The van der Waals surface area contributed by atoms with Crippen molar-refractivity contribution < 1.29 is 4.79 Å². The Morgan fingerprint density at radius 1 is 1.14 bits per heavy atom. The molecule has 1 fully saturated rings. The highest BCUT2D eigenvalue weighted by Gasteiger charge is 2.34. The van der Waals surface area contributed by atoms with Crippen LogP contribution in [0.25, 0.3) is 0 Å². The molecular formula is C19H41NO. The van der Waals surface area contributed by atoms with Crippen LogP contribution in [0, 0.1) is 17.3 Å². The minimum Gasteiger partial charge on any atom is -0.322 e. The molecule has 1 unspecified atom stereocenters. The van der Waals surface area contributed by atoms with Crippen LogP contribution in [0.1, 0.15) is 93.9 Å². The molecule has 0 spiro atoms. The van der Waals surface area contributed by atoms with Gasteiger partial charge >= 0.3 is 0 Å². The first-order chi connectivity index (χ1) is 9.89. The highest BCUT2D eigenvalue weighted by atomic mass is 16.1. The summed E-state index contributed by atoms with van der Waals surface area (Å²) in [5.41, 5.74) is 6.45. The molecule has 0 aromatic heterocycles. The van der Waals surface area contributed by atoms with E-state index in [0.29, 0.717) is 17.8 Å². The molecule has 0 heterocycles. The third kappa shape index (κ3) is 7.99. The summed E-state index contributed by atoms with van der Waals surface area (Å²) < 4.78 is 0. The maximum absolute atomic E-state index is 11.5. The van der Waals surface area contributed by atoms with Crippen molar-refractivity contribution in [2.24, 2.45) is 23.0 Å². The lowest BCUT2D eigenvalue weighted by Crippen LogP contribution is -2.35. The molecule has 2 nitrogen and oxygen atoms in total. The topological polar surface area (TPSA) is 43.1 Å². The van der Waals surface area contributed by atoms with Gasteiger partial charge in [-0.3, -0.25) is 4.79 Å². The molecule has 1 atom stereocenters. The number of hydrogen-bond acceptors (Lipinski definition) is 2. The third-order valence-electron chi connectivity index (χ3n) is 4.99. The Kier molecular flexibility index (Phi) is 13.3. The van der Waals surface area contributed by atoms with Gasteiger partial charge in [0.2, 0.25) is 0 Å². The van der Waals surface area contributed by atoms with Gasteiger partial charge in [0, 0.05) is 6.42 Å². The SMILES string of the molecule is CC.CC.CCC(=O)C(N)CC1CCC(C)(C(C)C)CC1. The van der Waals surface area contributed by atoms with Crippen molar-refractivity contribution in [1.29, 1.82) is 0 Å². The van der Waals surface area contributed by atoms with E-state index in [1.165, 1.54) is 25.7 Å². The van der Waals surface area contributed by atoms with E-state index in [1.54, 1.807) is 0 Å². The number of nitrogens with two attached hydrogens (primary N) is 1. The lowest BCUT2D eigenvalue weighted by Gasteiger charge is -2.41. The van der Waals surface area contributed by atoms with Crippen molar-refractivity contribution in [1.82, 2.24) is 0 Å². The molecule has 0 aliphatic heterocycles. The van der Waals surface area contributed by atoms with Crippen LogP contribution in [0.3, 0.4) is 0 Å². The second-order valence-corrected chi connectivity index (χ2v) is 6.41. The molecule has 1 aliphatic rings. The summed E-state index contributed by atoms with van der Waals surface area (Å²) in [6, 6.07) is -0.214. The number of rotatable bonds is 5. The smallest absolute Gasteiger partial charge is 0.149 e. The van der Waals surface area contributed by atoms with Crippen molar-refractivity contribution >= 4 is 5.78 Å². The van der Waals surface area contributed by atoms with Gasteiger partial charge in [-0.15, -0.1) is 0 Å². The molecule has 2 heteroatoms. The summed E-state index contributed by atoms with van der Waals surface area (Å²) in [6.45, 7) is 17.0. The predicted molar refractivity (Wildman–Crippen MR) is 95.5 cm³/mol. The van der Waals surface area contributed by atoms with Gasteiger partial charge in [-0.2, -0.15) is 0 Å². The zero-order valence-electron chi connectivity index (χ0n) is 16.0. The van der Waals surface area contributed by atoms with Crippen LogP contribution in [-0.4, -0.2) is 11.8 Å². The van der Waals surface area contributed by atoms with Crippen LogP contribution in [0.15, 0.2) is 0 Å². The van der Waals surface area contributed by atoms with Crippen LogP contribution >= 0.6 is 0 Å². The molecule has 0 radical (unpaired) electrons. The maximum Gasteiger partial charge on any atom is 0.149 e. The van der Waals surface area contributed by atoms with Gasteiger partial charge in [0.25, 0.3) is 0 Å². The molecule has 1 saturated carbocycles. The first-order valence-electron chi connectivity index (χ1n) is 9.17. The molecule has 0 aromatic carbocycles. The third-order valence-corrected chi connectivity index (χ3v) is 4.99. The van der Waals surface area contributed by atoms with Crippen LogP contribution in [0.5, 0.6) is 0 Å². The summed E-state index contributed by atoms with van der Waals surface area (Å²) in [7, 11) is 0. The van der Waals surface area contributed by atoms with Crippen LogP contribution in [0.4, 0.5) is 0 Å². The summed E-state index contributed by atoms with van der Waals surface area (Å²) >= 11 is 0. The summed E-state index contributed by atoms with van der Waals surface area (Å²) in [4.78, 5) is 11.5. The highest BCUT2D eigenvalue weighted by Crippen LogP contribution is 2.44.